The van der Waals surface area contributed by atoms with E-state index in [0.717, 1.165) is 24.7 Å². The Balaban J connectivity index is 1.58. The minimum atomic E-state index is -3.60. The molecule has 10 nitrogen and oxygen atoms in total. The van der Waals surface area contributed by atoms with Crippen molar-refractivity contribution in [3.05, 3.63) is 104 Å². The van der Waals surface area contributed by atoms with E-state index in [1.54, 1.807) is 66.4 Å². The quantitative estimate of drug-likeness (QED) is 0.213. The van der Waals surface area contributed by atoms with Gasteiger partial charge in [-0.25, -0.2) is 18.6 Å². The van der Waals surface area contributed by atoms with Gasteiger partial charge in [-0.3, -0.25) is 14.4 Å². The third-order valence-corrected chi connectivity index (χ3v) is 9.22. The Bertz CT molecular complexity index is 1650. The van der Waals surface area contributed by atoms with E-state index in [-0.39, 0.29) is 17.5 Å². The van der Waals surface area contributed by atoms with E-state index >= 15 is 0 Å². The number of nitrogens with one attached hydrogen (secondary N) is 2. The van der Waals surface area contributed by atoms with Crippen molar-refractivity contribution in [2.75, 3.05) is 6.26 Å². The maximum Gasteiger partial charge on any atom is 0.255 e. The van der Waals surface area contributed by atoms with Gasteiger partial charge in [-0.2, -0.15) is 4.73 Å². The molecule has 3 aromatic rings. The molecule has 2 heterocycles. The number of hydrogen-bond acceptors (Lipinski definition) is 6. The van der Waals surface area contributed by atoms with Crippen molar-refractivity contribution in [2.45, 2.75) is 63.3 Å². The van der Waals surface area contributed by atoms with Gasteiger partial charge in [-0.05, 0) is 55.2 Å². The van der Waals surface area contributed by atoms with Crippen LogP contribution in [0.4, 0.5) is 0 Å². The molecule has 5 rings (SSSR count). The van der Waals surface area contributed by atoms with Crippen LogP contribution in [0.2, 0.25) is 10.0 Å². The number of benzene rings is 2. The molecule has 4 atom stereocenters. The van der Waals surface area contributed by atoms with Crippen LogP contribution in [0, 0.1) is 12.1 Å². The predicted octanol–water partition coefficient (Wildman–Crippen LogP) is 4.32. The minimum absolute atomic E-state index is 0.193. The van der Waals surface area contributed by atoms with Gasteiger partial charge in [0.1, 0.15) is 0 Å². The number of amides is 2. The fraction of sp³-hybridized carbons (Fsp3) is 0.367. The van der Waals surface area contributed by atoms with E-state index in [1.165, 1.54) is 6.20 Å². The molecule has 1 aromatic heterocycles. The average molecular weight is 648 g/mol. The Morgan fingerprint density at radius 1 is 1.09 bits per heavy atom. The molecule has 1 saturated carbocycles. The molecule has 0 radical (unpaired) electrons. The molecule has 0 bridgehead atoms. The van der Waals surface area contributed by atoms with Crippen molar-refractivity contribution < 1.29 is 27.6 Å². The summed E-state index contributed by atoms with van der Waals surface area (Å²) in [5, 5.41) is 12.9. The lowest BCUT2D eigenvalue weighted by Crippen LogP contribution is -2.59. The summed E-state index contributed by atoms with van der Waals surface area (Å²) in [4.78, 5) is 35.5. The van der Waals surface area contributed by atoms with E-state index in [4.69, 9.17) is 28.0 Å². The zero-order valence-electron chi connectivity index (χ0n) is 23.6. The van der Waals surface area contributed by atoms with Gasteiger partial charge >= 0.3 is 0 Å². The summed E-state index contributed by atoms with van der Waals surface area (Å²) in [5.74, 6) is -1.89. The van der Waals surface area contributed by atoms with Crippen molar-refractivity contribution in [1.82, 2.24) is 15.1 Å². The number of hydroxylamine groups is 1. The SMILES string of the molecule is Cc1ccc(CONC(=O)[C@@H]2c3ccccc3C(=O)N([C@H]3CCCC[C@@H]3NS(C)(=O)=O)[C@H]2c2ccc(Cl)cc2Cl)[n+]([O-])c1. The molecule has 2 aromatic carbocycles. The fourth-order valence-electron chi connectivity index (χ4n) is 6.10. The largest absolute Gasteiger partial charge is 0.618 e. The average Bonchev–Trinajstić information content (AvgIpc) is 2.94. The molecule has 2 aliphatic rings. The van der Waals surface area contributed by atoms with Crippen molar-refractivity contribution in [3.63, 3.8) is 0 Å². The monoisotopic (exact) mass is 646 g/mol. The van der Waals surface area contributed by atoms with Crippen molar-refractivity contribution >= 4 is 45.0 Å². The van der Waals surface area contributed by atoms with E-state index in [0.29, 0.717) is 45.0 Å². The highest BCUT2D eigenvalue weighted by Crippen LogP contribution is 2.47. The second-order valence-electron chi connectivity index (χ2n) is 11.0. The number of halogens is 2. The van der Waals surface area contributed by atoms with Crippen LogP contribution in [0.15, 0.2) is 60.8 Å². The highest BCUT2D eigenvalue weighted by molar-refractivity contribution is 7.88. The zero-order chi connectivity index (χ0) is 30.9. The molecule has 0 spiro atoms. The first kappa shape index (κ1) is 31.2. The predicted molar refractivity (Wildman–Crippen MR) is 162 cm³/mol. The Hall–Kier alpha value is -3.22. The molecule has 0 saturated heterocycles. The van der Waals surface area contributed by atoms with Crippen LogP contribution in [0.3, 0.4) is 0 Å². The summed E-state index contributed by atoms with van der Waals surface area (Å²) in [6.45, 7) is 1.60. The minimum Gasteiger partial charge on any atom is -0.618 e. The molecule has 228 valence electrons. The van der Waals surface area contributed by atoms with Crippen molar-refractivity contribution in [3.8, 4) is 0 Å². The van der Waals surface area contributed by atoms with Crippen LogP contribution < -0.4 is 14.9 Å². The standard InChI is InChI=1S/C30H32Cl2N4O6S/c1-18-11-13-20(35(39)16-18)17-42-33-29(37)27-21-7-3-4-8-22(21)30(38)36(28(27)23-14-12-19(31)15-24(23)32)26-10-6-5-9-25(26)34-43(2,40)41/h3-4,7-8,11-16,25-28,34H,5-6,9-10,17H2,1-2H3,(H,33,37)/t25-,26-,27+,28-/m0/s1. The Kier molecular flexibility index (Phi) is 9.29. The molecule has 0 unspecified atom stereocenters. The smallest absolute Gasteiger partial charge is 0.255 e. The maximum atomic E-state index is 14.3. The number of fused-ring (bicyclic) bond motifs is 1. The second-order valence-corrected chi connectivity index (χ2v) is 13.6. The van der Waals surface area contributed by atoms with E-state index < -0.39 is 40.0 Å². The normalized spacial score (nSPS) is 22.2. The lowest BCUT2D eigenvalue weighted by atomic mass is 9.76. The number of aromatic nitrogens is 1. The van der Waals surface area contributed by atoms with Gasteiger partial charge in [0.25, 0.3) is 11.8 Å². The number of carbonyl (C=O) groups is 2. The molecule has 43 heavy (non-hydrogen) atoms. The lowest BCUT2D eigenvalue weighted by molar-refractivity contribution is -0.617. The van der Waals surface area contributed by atoms with E-state index in [1.807, 2.05) is 0 Å². The van der Waals surface area contributed by atoms with E-state index in [2.05, 4.69) is 10.2 Å². The number of aryl methyl sites for hydroxylation is 1. The fourth-order valence-corrected chi connectivity index (χ4v) is 7.44. The first-order valence-corrected chi connectivity index (χ1v) is 16.5. The summed E-state index contributed by atoms with van der Waals surface area (Å²) in [6, 6.07) is 13.0. The molecular weight excluding hydrogens is 615 g/mol. The number of hydrogen-bond donors (Lipinski definition) is 2. The highest BCUT2D eigenvalue weighted by Gasteiger charge is 2.49. The maximum absolute atomic E-state index is 14.3. The van der Waals surface area contributed by atoms with Crippen LogP contribution in [-0.4, -0.2) is 43.5 Å². The Morgan fingerprint density at radius 2 is 1.84 bits per heavy atom. The van der Waals surface area contributed by atoms with Gasteiger partial charge in [0.2, 0.25) is 15.7 Å². The molecular formula is C30H32Cl2N4O6S. The van der Waals surface area contributed by atoms with Crippen molar-refractivity contribution in [2.24, 2.45) is 0 Å². The van der Waals surface area contributed by atoms with Gasteiger partial charge in [-0.1, -0.05) is 60.3 Å². The van der Waals surface area contributed by atoms with Gasteiger partial charge in [0.15, 0.2) is 12.8 Å². The van der Waals surface area contributed by atoms with Crippen molar-refractivity contribution in [1.29, 1.82) is 0 Å². The van der Waals surface area contributed by atoms with Gasteiger partial charge in [0, 0.05) is 39.3 Å². The van der Waals surface area contributed by atoms with Crippen LogP contribution in [0.25, 0.3) is 0 Å². The van der Waals surface area contributed by atoms with Gasteiger partial charge < -0.3 is 10.1 Å². The molecule has 2 amide bonds. The van der Waals surface area contributed by atoms with Crippen LogP contribution in [-0.2, 0) is 26.3 Å². The summed E-state index contributed by atoms with van der Waals surface area (Å²) in [7, 11) is -3.60. The summed E-state index contributed by atoms with van der Waals surface area (Å²) in [5.41, 5.74) is 4.84. The number of rotatable bonds is 8. The van der Waals surface area contributed by atoms with Crippen LogP contribution >= 0.6 is 23.2 Å². The molecule has 1 fully saturated rings. The molecule has 1 aliphatic carbocycles. The highest BCUT2D eigenvalue weighted by atomic mass is 35.5. The van der Waals surface area contributed by atoms with Gasteiger partial charge in [-0.15, -0.1) is 0 Å². The topological polar surface area (TPSA) is 132 Å². The third kappa shape index (κ3) is 6.81. The summed E-state index contributed by atoms with van der Waals surface area (Å²) >= 11 is 13.0. The Morgan fingerprint density at radius 3 is 2.56 bits per heavy atom. The van der Waals surface area contributed by atoms with Crippen LogP contribution in [0.1, 0.15) is 70.4 Å². The number of nitrogens with zero attached hydrogens (tertiary/aromatic N) is 2. The second kappa shape index (κ2) is 12.8. The molecule has 2 N–H and O–H groups in total. The Labute approximate surface area is 260 Å². The third-order valence-electron chi connectivity index (χ3n) is 7.93. The molecule has 1 aliphatic heterocycles. The first-order valence-electron chi connectivity index (χ1n) is 13.9. The number of carbonyl (C=O) groups excluding carboxylic acids is 2. The first-order chi connectivity index (χ1) is 20.4. The van der Waals surface area contributed by atoms with Gasteiger partial charge in [0.05, 0.1) is 18.2 Å². The number of pyridine rings is 1. The zero-order valence-corrected chi connectivity index (χ0v) is 26.0. The molecule has 13 heteroatoms. The number of sulfonamides is 1. The van der Waals surface area contributed by atoms with Crippen LogP contribution in [0.5, 0.6) is 0 Å². The summed E-state index contributed by atoms with van der Waals surface area (Å²) < 4.78 is 28.1. The lowest BCUT2D eigenvalue weighted by Gasteiger charge is -2.49. The summed E-state index contributed by atoms with van der Waals surface area (Å²) in [6.07, 6.45) is 5.09. The van der Waals surface area contributed by atoms with E-state index in [9.17, 15) is 23.2 Å².